The molecule has 0 fully saturated rings. The van der Waals surface area contributed by atoms with Crippen LogP contribution in [0.15, 0.2) is 103 Å². The molecule has 0 saturated heterocycles. The zero-order valence-electron chi connectivity index (χ0n) is 44.6. The molecule has 400 valence electrons. The molecule has 0 saturated carbocycles. The molecule has 4 atom stereocenters. The van der Waals surface area contributed by atoms with E-state index in [1.807, 2.05) is 23.4 Å². The minimum absolute atomic E-state index is 0. The van der Waals surface area contributed by atoms with Gasteiger partial charge in [0.1, 0.15) is 53.0 Å². The summed E-state index contributed by atoms with van der Waals surface area (Å²) in [6.07, 6.45) is 15.8. The summed E-state index contributed by atoms with van der Waals surface area (Å²) >= 11 is 1.82. The van der Waals surface area contributed by atoms with Gasteiger partial charge in [-0.1, -0.05) is 141 Å². The topological polar surface area (TPSA) is 95.8 Å². The summed E-state index contributed by atoms with van der Waals surface area (Å²) in [6, 6.07) is 36.6. The number of phenols is 2. The molecule has 2 unspecified atom stereocenters. The molecule has 4 aliphatic rings. The third-order valence-electron chi connectivity index (χ3n) is 15.8. The van der Waals surface area contributed by atoms with Gasteiger partial charge >= 0.3 is 27.0 Å². The Labute approximate surface area is 462 Å². The van der Waals surface area contributed by atoms with Crippen molar-refractivity contribution in [2.45, 2.75) is 154 Å². The van der Waals surface area contributed by atoms with Crippen LogP contribution in [0.5, 0.6) is 46.0 Å². The van der Waals surface area contributed by atoms with Gasteiger partial charge in [-0.15, -0.1) is 0 Å². The summed E-state index contributed by atoms with van der Waals surface area (Å²) in [5.74, 6) is 4.01. The molecule has 0 radical (unpaired) electrons. The van der Waals surface area contributed by atoms with Crippen LogP contribution >= 0.6 is 17.6 Å². The van der Waals surface area contributed by atoms with Crippen molar-refractivity contribution in [2.24, 2.45) is 0 Å². The minimum atomic E-state index is -1.94. The SMILES string of the molecule is CCCCCC1c2cc3c4cc2OCOc2cc(O)c(cc21)[C@@H](CCCCC)c1cc2c(c([PH+](c5ccccc5)c5ccccc5)c1O)OCOc1cc(c(cc1[C@H]2CCCCC)C3CCCCC)OCO4.[CH3-].[Cl][Ru+]. The van der Waals surface area contributed by atoms with Crippen molar-refractivity contribution < 1.29 is 55.9 Å². The monoisotopic (exact) mass is 1140 g/mol. The molecule has 0 spiro atoms. The van der Waals surface area contributed by atoms with Gasteiger partial charge in [0.05, 0.1) is 0 Å². The van der Waals surface area contributed by atoms with E-state index in [1.165, 1.54) is 0 Å². The number of unbranched alkanes of at least 4 members (excludes halogenated alkanes) is 8. The number of hydrogen-bond acceptors (Lipinski definition) is 8. The van der Waals surface area contributed by atoms with E-state index in [0.29, 0.717) is 11.5 Å². The van der Waals surface area contributed by atoms with Crippen molar-refractivity contribution in [1.29, 1.82) is 0 Å². The summed E-state index contributed by atoms with van der Waals surface area (Å²) in [4.78, 5) is 0. The van der Waals surface area contributed by atoms with Crippen LogP contribution in [-0.2, 0) is 17.3 Å². The van der Waals surface area contributed by atoms with Crippen LogP contribution < -0.4 is 44.3 Å². The van der Waals surface area contributed by atoms with E-state index in [4.69, 9.17) is 28.4 Å². The van der Waals surface area contributed by atoms with Crippen LogP contribution in [0.2, 0.25) is 0 Å². The summed E-state index contributed by atoms with van der Waals surface area (Å²) in [7, 11) is 2.63. The van der Waals surface area contributed by atoms with Crippen molar-refractivity contribution >= 4 is 33.5 Å². The molecule has 0 aromatic heterocycles. The maximum atomic E-state index is 13.7. The van der Waals surface area contributed by atoms with E-state index in [9.17, 15) is 10.2 Å². The molecule has 6 aromatic rings. The van der Waals surface area contributed by atoms with Crippen molar-refractivity contribution in [3.63, 3.8) is 0 Å². The molecule has 75 heavy (non-hydrogen) atoms. The molecular weight excluding hydrogens is 1060 g/mol. The third kappa shape index (κ3) is 12.0. The van der Waals surface area contributed by atoms with Crippen LogP contribution in [0, 0.1) is 7.43 Å². The fraction of sp³-hybridized carbons (Fsp3) is 0.422. The number of halogens is 1. The quantitative estimate of drug-likeness (QED) is 0.0358. The first-order chi connectivity index (χ1) is 36.4. The Balaban J connectivity index is 0.00000246. The molecule has 11 heteroatoms. The molecule has 3 heterocycles. The zero-order valence-corrected chi connectivity index (χ0v) is 48.1. The van der Waals surface area contributed by atoms with Gasteiger partial charge in [-0.25, -0.2) is 0 Å². The second-order valence-electron chi connectivity index (χ2n) is 20.4. The second kappa shape index (κ2) is 26.9. The Morgan fingerprint density at radius 1 is 0.427 bits per heavy atom. The van der Waals surface area contributed by atoms with Gasteiger partial charge in [0, 0.05) is 86.4 Å². The summed E-state index contributed by atoms with van der Waals surface area (Å²) < 4.78 is 40.4. The Kier molecular flexibility index (Phi) is 20.2. The number of aromatic hydroxyl groups is 2. The Hall–Kier alpha value is -4.94. The first-order valence-electron chi connectivity index (χ1n) is 27.4. The molecule has 8 bridgehead atoms. The van der Waals surface area contributed by atoms with Crippen LogP contribution in [0.1, 0.15) is 199 Å². The molecular formula is C64H77ClO8PRu+. The van der Waals surface area contributed by atoms with Crippen LogP contribution in [-0.4, -0.2) is 30.6 Å². The van der Waals surface area contributed by atoms with E-state index in [1.54, 1.807) is 0 Å². The predicted molar refractivity (Wildman–Crippen MR) is 304 cm³/mol. The van der Waals surface area contributed by atoms with Crippen LogP contribution in [0.3, 0.4) is 0 Å². The van der Waals surface area contributed by atoms with Gasteiger partial charge in [-0.2, -0.15) is 0 Å². The summed E-state index contributed by atoms with van der Waals surface area (Å²) in [5, 5.41) is 29.4. The molecule has 8 nitrogen and oxygen atoms in total. The van der Waals surface area contributed by atoms with E-state index in [0.717, 1.165) is 186 Å². The predicted octanol–water partition coefficient (Wildman–Crippen LogP) is 16.1. The first kappa shape index (κ1) is 56.3. The van der Waals surface area contributed by atoms with Gasteiger partial charge in [0.2, 0.25) is 20.4 Å². The molecule has 6 aromatic carbocycles. The summed E-state index contributed by atoms with van der Waals surface area (Å²) in [5.41, 5.74) is 8.17. The number of benzene rings is 6. The van der Waals surface area contributed by atoms with Gasteiger partial charge in [-0.05, 0) is 74.2 Å². The summed E-state index contributed by atoms with van der Waals surface area (Å²) in [6.45, 7) is 8.95. The number of phenolic OH excluding ortho intramolecular Hbond substituents is 2. The van der Waals surface area contributed by atoms with Crippen molar-refractivity contribution in [3.8, 4) is 46.0 Å². The number of ether oxygens (including phenoxy) is 6. The molecule has 3 aliphatic heterocycles. The van der Waals surface area contributed by atoms with E-state index >= 15 is 0 Å². The van der Waals surface area contributed by atoms with Gasteiger partial charge < -0.3 is 46.1 Å². The first-order valence-corrected chi connectivity index (χ1v) is 31.2. The fourth-order valence-electron chi connectivity index (χ4n) is 12.1. The Morgan fingerprint density at radius 2 is 0.760 bits per heavy atom. The number of rotatable bonds is 19. The normalized spacial score (nSPS) is 17.6. The Morgan fingerprint density at radius 3 is 1.16 bits per heavy atom. The fourth-order valence-corrected chi connectivity index (χ4v) is 14.9. The standard InChI is InChI=1S/C63H73O8P.CH3.ClH.Ru/c1-5-9-15-27-43-47-31-48-44(28-16-10-6-2)49-32-50-45(29-17-11-7-3)51-33-52-46(30-18-12-8-4)54-34-53(43)61(65)63(72(41-23-19-13-20-24-41)42-25-21-14-22-26-42)62(54)71-40-70-60(52)37-59(51)69-39-68-58(50)36-57(49)67-38-66-56(48)35-55(47)64;;;/h13-14,19-26,31-37,43-46,64-65H,5-12,15-18,27-30,38-40H2,1-4H3;1H3;1H;/q;-1;;+2/t43-,44?,45?,46-;;;/m1.../s1. The van der Waals surface area contributed by atoms with E-state index in [-0.39, 0.29) is 63.0 Å². The van der Waals surface area contributed by atoms with E-state index < -0.39 is 7.92 Å². The Bertz CT molecular complexity index is 2790. The average Bonchev–Trinajstić information content (AvgIpc) is 3.42. The number of fused-ring (bicyclic) bond motifs is 2. The van der Waals surface area contributed by atoms with Gasteiger partial charge in [0.25, 0.3) is 0 Å². The van der Waals surface area contributed by atoms with Crippen molar-refractivity contribution in [1.82, 2.24) is 0 Å². The third-order valence-corrected chi connectivity index (χ3v) is 18.6. The molecule has 0 amide bonds. The average molecular weight is 1140 g/mol. The van der Waals surface area contributed by atoms with Crippen molar-refractivity contribution in [3.05, 3.63) is 155 Å². The molecule has 2 N–H and O–H groups in total. The van der Waals surface area contributed by atoms with Crippen molar-refractivity contribution in [2.75, 3.05) is 20.4 Å². The van der Waals surface area contributed by atoms with E-state index in [2.05, 4.69) is 134 Å². The number of hydrogen-bond donors (Lipinski definition) is 2. The zero-order chi connectivity index (χ0) is 51.6. The van der Waals surface area contributed by atoms with Gasteiger partial charge in [0.15, 0.2) is 16.8 Å². The molecule has 10 rings (SSSR count). The maximum absolute atomic E-state index is 13.7. The van der Waals surface area contributed by atoms with Crippen LogP contribution in [0.4, 0.5) is 0 Å². The second-order valence-corrected chi connectivity index (χ2v) is 22.8. The molecule has 1 aliphatic carbocycles. The van der Waals surface area contributed by atoms with Crippen LogP contribution in [0.25, 0.3) is 0 Å². The van der Waals surface area contributed by atoms with Gasteiger partial charge in [-0.3, -0.25) is 0 Å².